The third-order valence-electron chi connectivity index (χ3n) is 3.73. The minimum absolute atomic E-state index is 0.0222. The lowest BCUT2D eigenvalue weighted by atomic mass is 10.1. The number of pyridine rings is 1. The molecule has 7 nitrogen and oxygen atoms in total. The number of nitrogens with one attached hydrogen (secondary N) is 1. The van der Waals surface area contributed by atoms with Gasteiger partial charge in [-0.3, -0.25) is 9.59 Å². The zero-order valence-corrected chi connectivity index (χ0v) is 18.4. The Morgan fingerprint density at radius 3 is 2.50 bits per heavy atom. The van der Waals surface area contributed by atoms with Gasteiger partial charge in [0.1, 0.15) is 5.69 Å². The highest BCUT2D eigenvalue weighted by molar-refractivity contribution is 9.11. The van der Waals surface area contributed by atoms with Gasteiger partial charge in [-0.05, 0) is 40.2 Å². The van der Waals surface area contributed by atoms with E-state index in [4.69, 9.17) is 17.3 Å². The van der Waals surface area contributed by atoms with Crippen molar-refractivity contribution < 1.29 is 22.8 Å². The van der Waals surface area contributed by atoms with Crippen LogP contribution in [0.4, 0.5) is 18.9 Å². The van der Waals surface area contributed by atoms with Gasteiger partial charge in [0.15, 0.2) is 11.5 Å². The fraction of sp³-hybridized carbons (Fsp3) is 0.0588. The molecule has 0 aliphatic carbocycles. The number of hydrogen-bond donors (Lipinski definition) is 2. The van der Waals surface area contributed by atoms with Crippen molar-refractivity contribution in [2.24, 2.45) is 5.73 Å². The number of aromatic nitrogens is 3. The Kier molecular flexibility index (Phi) is 6.20. The van der Waals surface area contributed by atoms with Crippen LogP contribution in [0.3, 0.4) is 0 Å². The Labute approximate surface area is 188 Å². The summed E-state index contributed by atoms with van der Waals surface area (Å²) < 4.78 is 41.1. The van der Waals surface area contributed by atoms with Gasteiger partial charge in [-0.2, -0.15) is 18.3 Å². The number of anilines is 1. The summed E-state index contributed by atoms with van der Waals surface area (Å²) in [5, 5.41) is 5.81. The van der Waals surface area contributed by atoms with Crippen LogP contribution in [0.25, 0.3) is 5.82 Å². The molecule has 0 spiro atoms. The van der Waals surface area contributed by atoms with Gasteiger partial charge in [-0.15, -0.1) is 0 Å². The third-order valence-corrected chi connectivity index (χ3v) is 5.11. The monoisotopic (exact) mass is 565 g/mol. The molecule has 2 amide bonds. The second kappa shape index (κ2) is 8.36. The van der Waals surface area contributed by atoms with Crippen LogP contribution in [-0.4, -0.2) is 26.6 Å². The van der Waals surface area contributed by atoms with Gasteiger partial charge in [-0.25, -0.2) is 9.67 Å². The summed E-state index contributed by atoms with van der Waals surface area (Å²) in [6.45, 7) is 0. The Morgan fingerprint density at radius 2 is 1.90 bits per heavy atom. The molecule has 0 bridgehead atoms. The smallest absolute Gasteiger partial charge is 0.366 e. The molecule has 13 heteroatoms. The van der Waals surface area contributed by atoms with Crippen molar-refractivity contribution >= 4 is 61.0 Å². The number of nitrogens with zero attached hydrogens (tertiary/aromatic N) is 3. The maximum absolute atomic E-state index is 13.2. The van der Waals surface area contributed by atoms with Crippen LogP contribution < -0.4 is 11.1 Å². The zero-order valence-electron chi connectivity index (χ0n) is 14.5. The molecule has 156 valence electrons. The standard InChI is InChI=1S/C17H9Br2ClF3N5O2/c18-7-4-8(14(24)29)13(9(19)5-7)26-16(30)11-6-12(17(21,22)23)27-28(11)15-10(20)2-1-3-25-15/h1-6H,(H2,24,29)(H,26,30). The number of rotatable bonds is 4. The van der Waals surface area contributed by atoms with Gasteiger partial charge in [0.2, 0.25) is 0 Å². The number of alkyl halides is 3. The topological polar surface area (TPSA) is 103 Å². The van der Waals surface area contributed by atoms with E-state index >= 15 is 0 Å². The minimum Gasteiger partial charge on any atom is -0.366 e. The molecule has 0 radical (unpaired) electrons. The van der Waals surface area contributed by atoms with Crippen LogP contribution in [0.15, 0.2) is 45.5 Å². The molecule has 0 fully saturated rings. The summed E-state index contributed by atoms with van der Waals surface area (Å²) in [5.74, 6) is -2.03. The SMILES string of the molecule is NC(=O)c1cc(Br)cc(Br)c1NC(=O)c1cc(C(F)(F)F)nn1-c1ncccc1Cl. The summed E-state index contributed by atoms with van der Waals surface area (Å²) in [4.78, 5) is 28.5. The first-order chi connectivity index (χ1) is 14.0. The van der Waals surface area contributed by atoms with Crippen LogP contribution in [0.1, 0.15) is 26.5 Å². The predicted octanol–water partition coefficient (Wildman–Crippen LogP) is 4.82. The van der Waals surface area contributed by atoms with Crippen LogP contribution in [0, 0.1) is 0 Å². The lowest BCUT2D eigenvalue weighted by Gasteiger charge is -2.13. The van der Waals surface area contributed by atoms with Crippen molar-refractivity contribution in [2.45, 2.75) is 6.18 Å². The summed E-state index contributed by atoms with van der Waals surface area (Å²) in [5.41, 5.74) is 3.43. The van der Waals surface area contributed by atoms with E-state index in [1.807, 2.05) is 0 Å². The van der Waals surface area contributed by atoms with E-state index < -0.39 is 29.4 Å². The van der Waals surface area contributed by atoms with Crippen molar-refractivity contribution in [3.05, 3.63) is 67.4 Å². The normalized spacial score (nSPS) is 11.4. The number of primary amides is 1. The van der Waals surface area contributed by atoms with Crippen molar-refractivity contribution in [3.63, 3.8) is 0 Å². The van der Waals surface area contributed by atoms with E-state index in [2.05, 4.69) is 47.3 Å². The first-order valence-corrected chi connectivity index (χ1v) is 9.83. The molecule has 2 aromatic heterocycles. The zero-order chi connectivity index (χ0) is 22.2. The van der Waals surface area contributed by atoms with Crippen molar-refractivity contribution in [1.29, 1.82) is 0 Å². The molecule has 0 aliphatic heterocycles. The van der Waals surface area contributed by atoms with Gasteiger partial charge in [0, 0.05) is 21.2 Å². The third kappa shape index (κ3) is 4.50. The summed E-state index contributed by atoms with van der Waals surface area (Å²) >= 11 is 12.4. The molecule has 30 heavy (non-hydrogen) atoms. The molecule has 1 aromatic carbocycles. The minimum atomic E-state index is -4.82. The second-order valence-electron chi connectivity index (χ2n) is 5.76. The lowest BCUT2D eigenvalue weighted by Crippen LogP contribution is -2.21. The Balaban J connectivity index is 2.13. The number of carbonyl (C=O) groups excluding carboxylic acids is 2. The highest BCUT2D eigenvalue weighted by Gasteiger charge is 2.36. The highest BCUT2D eigenvalue weighted by Crippen LogP contribution is 2.33. The number of amides is 2. The van der Waals surface area contributed by atoms with Crippen LogP contribution in [-0.2, 0) is 6.18 Å². The lowest BCUT2D eigenvalue weighted by molar-refractivity contribution is -0.141. The fourth-order valence-electron chi connectivity index (χ4n) is 2.45. The average molecular weight is 568 g/mol. The van der Waals surface area contributed by atoms with Gasteiger partial charge < -0.3 is 11.1 Å². The molecular formula is C17H9Br2ClF3N5O2. The molecule has 0 unspecified atom stereocenters. The summed E-state index contributed by atoms with van der Waals surface area (Å²) in [6.07, 6.45) is -3.54. The van der Waals surface area contributed by atoms with Gasteiger partial charge >= 0.3 is 6.18 Å². The molecule has 2 heterocycles. The second-order valence-corrected chi connectivity index (χ2v) is 7.94. The number of hydrogen-bond acceptors (Lipinski definition) is 4. The van der Waals surface area contributed by atoms with E-state index in [-0.39, 0.29) is 26.6 Å². The number of carbonyl (C=O) groups is 2. The van der Waals surface area contributed by atoms with E-state index in [1.165, 1.54) is 30.5 Å². The van der Waals surface area contributed by atoms with E-state index in [9.17, 15) is 22.8 Å². The quantitative estimate of drug-likeness (QED) is 0.472. The first kappa shape index (κ1) is 22.2. The number of nitrogens with two attached hydrogens (primary N) is 1. The first-order valence-electron chi connectivity index (χ1n) is 7.87. The van der Waals surface area contributed by atoms with E-state index in [0.29, 0.717) is 15.2 Å². The number of benzene rings is 1. The predicted molar refractivity (Wildman–Crippen MR) is 110 cm³/mol. The molecule has 0 saturated heterocycles. The van der Waals surface area contributed by atoms with E-state index in [1.54, 1.807) is 0 Å². The highest BCUT2D eigenvalue weighted by atomic mass is 79.9. The van der Waals surface area contributed by atoms with Gasteiger partial charge in [-0.1, -0.05) is 27.5 Å². The molecule has 0 saturated carbocycles. The average Bonchev–Trinajstić information content (AvgIpc) is 3.09. The maximum Gasteiger partial charge on any atom is 0.435 e. The summed E-state index contributed by atoms with van der Waals surface area (Å²) in [6, 6.07) is 6.29. The van der Waals surface area contributed by atoms with E-state index in [0.717, 1.165) is 0 Å². The number of halogens is 6. The van der Waals surface area contributed by atoms with Crippen LogP contribution in [0.5, 0.6) is 0 Å². The van der Waals surface area contributed by atoms with Crippen molar-refractivity contribution in [1.82, 2.24) is 14.8 Å². The van der Waals surface area contributed by atoms with Gasteiger partial charge in [0.25, 0.3) is 11.8 Å². The molecular weight excluding hydrogens is 558 g/mol. The fourth-order valence-corrected chi connectivity index (χ4v) is 3.97. The Bertz CT molecular complexity index is 1170. The van der Waals surface area contributed by atoms with Crippen LogP contribution >= 0.6 is 43.5 Å². The largest absolute Gasteiger partial charge is 0.435 e. The van der Waals surface area contributed by atoms with Crippen LogP contribution in [0.2, 0.25) is 5.02 Å². The molecule has 3 aromatic rings. The maximum atomic E-state index is 13.2. The van der Waals surface area contributed by atoms with Gasteiger partial charge in [0.05, 0.1) is 16.3 Å². The Morgan fingerprint density at radius 1 is 1.20 bits per heavy atom. The molecule has 0 atom stereocenters. The summed E-state index contributed by atoms with van der Waals surface area (Å²) in [7, 11) is 0. The molecule has 0 aliphatic rings. The van der Waals surface area contributed by atoms with Crippen molar-refractivity contribution in [2.75, 3.05) is 5.32 Å². The Hall–Kier alpha value is -2.44. The van der Waals surface area contributed by atoms with Crippen molar-refractivity contribution in [3.8, 4) is 5.82 Å². The molecule has 3 N–H and O–H groups in total. The molecule has 3 rings (SSSR count).